The Kier molecular flexibility index (Phi) is 5.31. The monoisotopic (exact) mass is 277 g/mol. The largest absolute Gasteiger partial charge is 0.488 e. The van der Waals surface area contributed by atoms with Crippen LogP contribution < -0.4 is 15.9 Å². The first-order valence-electron chi connectivity index (χ1n) is 4.24. The van der Waals surface area contributed by atoms with Gasteiger partial charge in [0.15, 0.2) is 5.11 Å². The third-order valence-electron chi connectivity index (χ3n) is 1.48. The smallest absolute Gasteiger partial charge is 0.184 e. The van der Waals surface area contributed by atoms with Gasteiger partial charge < -0.3 is 10.5 Å². The highest BCUT2D eigenvalue weighted by molar-refractivity contribution is 7.80. The van der Waals surface area contributed by atoms with Crippen molar-refractivity contribution < 1.29 is 4.74 Å². The molecule has 0 aliphatic heterocycles. The summed E-state index contributed by atoms with van der Waals surface area (Å²) in [6.07, 6.45) is 1.49. The maximum atomic E-state index is 5.80. The molecule has 0 amide bonds. The first-order chi connectivity index (χ1) is 7.59. The minimum absolute atomic E-state index is 0.103. The van der Waals surface area contributed by atoms with Gasteiger partial charge in [0, 0.05) is 6.07 Å². The average Bonchev–Trinajstić information content (AvgIpc) is 2.22. The number of hydrazone groups is 1. The molecule has 16 heavy (non-hydrogen) atoms. The van der Waals surface area contributed by atoms with Crippen LogP contribution in [0.2, 0.25) is 10.0 Å². The zero-order valence-electron chi connectivity index (χ0n) is 8.11. The summed E-state index contributed by atoms with van der Waals surface area (Å²) in [7, 11) is 0. The van der Waals surface area contributed by atoms with Crippen molar-refractivity contribution in [3.63, 3.8) is 0 Å². The number of nitrogens with one attached hydrogen (secondary N) is 1. The second kappa shape index (κ2) is 6.52. The number of hydrogen-bond acceptors (Lipinski definition) is 3. The molecule has 1 rings (SSSR count). The number of nitrogens with zero attached hydrogens (tertiary/aromatic N) is 1. The van der Waals surface area contributed by atoms with Gasteiger partial charge in [-0.15, -0.1) is 0 Å². The molecule has 0 saturated carbocycles. The fourth-order valence-corrected chi connectivity index (χ4v) is 1.19. The molecule has 4 nitrogen and oxygen atoms in total. The van der Waals surface area contributed by atoms with Gasteiger partial charge in [-0.1, -0.05) is 23.2 Å². The fourth-order valence-electron chi connectivity index (χ4n) is 0.847. The van der Waals surface area contributed by atoms with Crippen LogP contribution in [0, 0.1) is 0 Å². The first kappa shape index (κ1) is 13.0. The van der Waals surface area contributed by atoms with E-state index in [1.54, 1.807) is 18.2 Å². The second-order valence-electron chi connectivity index (χ2n) is 2.67. The highest BCUT2D eigenvalue weighted by Gasteiger charge is 1.99. The quantitative estimate of drug-likeness (QED) is 0.503. The van der Waals surface area contributed by atoms with Crippen molar-refractivity contribution >= 4 is 46.7 Å². The summed E-state index contributed by atoms with van der Waals surface area (Å²) >= 11 is 16.1. The van der Waals surface area contributed by atoms with Gasteiger partial charge in [-0.25, -0.2) is 0 Å². The Balaban J connectivity index is 2.40. The number of halogens is 2. The molecule has 1 aromatic rings. The summed E-state index contributed by atoms with van der Waals surface area (Å²) in [4.78, 5) is 0. The molecule has 0 radical (unpaired) electrons. The van der Waals surface area contributed by atoms with E-state index in [4.69, 9.17) is 33.7 Å². The summed E-state index contributed by atoms with van der Waals surface area (Å²) < 4.78 is 5.31. The van der Waals surface area contributed by atoms with E-state index in [1.807, 2.05) is 0 Å². The molecule has 0 heterocycles. The summed E-state index contributed by atoms with van der Waals surface area (Å²) in [6.45, 7) is 0.271. The maximum Gasteiger partial charge on any atom is 0.184 e. The van der Waals surface area contributed by atoms with E-state index in [1.165, 1.54) is 6.21 Å². The van der Waals surface area contributed by atoms with E-state index in [9.17, 15) is 0 Å². The molecule has 0 fully saturated rings. The molecular formula is C9H9Cl2N3OS. The summed E-state index contributed by atoms with van der Waals surface area (Å²) in [6, 6.07) is 4.99. The molecule has 1 aromatic carbocycles. The van der Waals surface area contributed by atoms with Gasteiger partial charge in [0.05, 0.1) is 16.3 Å². The van der Waals surface area contributed by atoms with Crippen molar-refractivity contribution in [2.24, 2.45) is 10.8 Å². The van der Waals surface area contributed by atoms with Crippen LogP contribution in [0.1, 0.15) is 0 Å². The van der Waals surface area contributed by atoms with E-state index in [2.05, 4.69) is 22.7 Å². The number of ether oxygens (including phenoxy) is 1. The zero-order valence-corrected chi connectivity index (χ0v) is 10.4. The van der Waals surface area contributed by atoms with E-state index in [0.29, 0.717) is 15.8 Å². The lowest BCUT2D eigenvalue weighted by molar-refractivity contribution is 0.380. The van der Waals surface area contributed by atoms with Crippen LogP contribution in [-0.2, 0) is 0 Å². The molecule has 86 valence electrons. The number of thiocarbonyl (C=S) groups is 1. The average molecular weight is 278 g/mol. The van der Waals surface area contributed by atoms with E-state index in [0.717, 1.165) is 0 Å². The number of nitrogens with two attached hydrogens (primary N) is 1. The maximum absolute atomic E-state index is 5.80. The lowest BCUT2D eigenvalue weighted by atomic mass is 10.3. The van der Waals surface area contributed by atoms with Gasteiger partial charge in [0.25, 0.3) is 0 Å². The van der Waals surface area contributed by atoms with Gasteiger partial charge >= 0.3 is 0 Å². The van der Waals surface area contributed by atoms with Crippen LogP contribution in [0.3, 0.4) is 0 Å². The van der Waals surface area contributed by atoms with Crippen molar-refractivity contribution in [2.75, 3.05) is 6.61 Å². The number of hydrogen-bond donors (Lipinski definition) is 2. The SMILES string of the molecule is NC(=S)N/N=C/COc1ccc(Cl)c(Cl)c1. The fraction of sp³-hybridized carbons (Fsp3) is 0.111. The predicted molar refractivity (Wildman–Crippen MR) is 70.4 cm³/mol. The lowest BCUT2D eigenvalue weighted by Gasteiger charge is -2.03. The van der Waals surface area contributed by atoms with Gasteiger partial charge in [0.1, 0.15) is 12.4 Å². The van der Waals surface area contributed by atoms with E-state index < -0.39 is 0 Å². The highest BCUT2D eigenvalue weighted by atomic mass is 35.5. The Morgan fingerprint density at radius 1 is 1.50 bits per heavy atom. The normalized spacial score (nSPS) is 10.4. The number of rotatable bonds is 4. The minimum atomic E-state index is 0.103. The van der Waals surface area contributed by atoms with Crippen molar-refractivity contribution in [1.29, 1.82) is 0 Å². The topological polar surface area (TPSA) is 59.6 Å². The second-order valence-corrected chi connectivity index (χ2v) is 3.93. The molecule has 0 saturated heterocycles. The molecular weight excluding hydrogens is 269 g/mol. The van der Waals surface area contributed by atoms with Crippen LogP contribution in [-0.4, -0.2) is 17.9 Å². The Morgan fingerprint density at radius 3 is 2.88 bits per heavy atom. The molecule has 0 aliphatic carbocycles. The van der Waals surface area contributed by atoms with Crippen LogP contribution in [0.4, 0.5) is 0 Å². The first-order valence-corrected chi connectivity index (χ1v) is 5.41. The third-order valence-corrected chi connectivity index (χ3v) is 2.31. The van der Waals surface area contributed by atoms with Crippen LogP contribution in [0.15, 0.2) is 23.3 Å². The van der Waals surface area contributed by atoms with Crippen molar-refractivity contribution in [2.45, 2.75) is 0 Å². The molecule has 3 N–H and O–H groups in total. The number of benzene rings is 1. The van der Waals surface area contributed by atoms with Crippen molar-refractivity contribution in [1.82, 2.24) is 5.43 Å². The Bertz CT molecular complexity index is 412. The van der Waals surface area contributed by atoms with Crippen LogP contribution >= 0.6 is 35.4 Å². The standard InChI is InChI=1S/C9H9Cl2N3OS/c10-7-2-1-6(5-8(7)11)15-4-3-13-14-9(12)16/h1-3,5H,4H2,(H3,12,14,16)/b13-3+. The van der Waals surface area contributed by atoms with Gasteiger partial charge in [-0.2, -0.15) is 5.10 Å². The van der Waals surface area contributed by atoms with E-state index in [-0.39, 0.29) is 11.7 Å². The molecule has 0 aromatic heterocycles. The third kappa shape index (κ3) is 4.65. The van der Waals surface area contributed by atoms with Crippen LogP contribution in [0.25, 0.3) is 0 Å². The Hall–Kier alpha value is -1.04. The summed E-state index contributed by atoms with van der Waals surface area (Å²) in [5.41, 5.74) is 7.56. The van der Waals surface area contributed by atoms with Crippen molar-refractivity contribution in [3.05, 3.63) is 28.2 Å². The molecule has 0 aliphatic rings. The Morgan fingerprint density at radius 2 is 2.25 bits per heavy atom. The molecule has 0 bridgehead atoms. The van der Waals surface area contributed by atoms with E-state index >= 15 is 0 Å². The zero-order chi connectivity index (χ0) is 12.0. The Labute approximate surface area is 108 Å². The molecule has 0 unspecified atom stereocenters. The molecule has 0 spiro atoms. The van der Waals surface area contributed by atoms with Gasteiger partial charge in [-0.3, -0.25) is 5.43 Å². The van der Waals surface area contributed by atoms with Crippen molar-refractivity contribution in [3.8, 4) is 5.75 Å². The molecule has 0 atom stereocenters. The molecule has 7 heteroatoms. The minimum Gasteiger partial charge on any atom is -0.488 e. The van der Waals surface area contributed by atoms with Gasteiger partial charge in [-0.05, 0) is 24.4 Å². The van der Waals surface area contributed by atoms with Gasteiger partial charge in [0.2, 0.25) is 0 Å². The predicted octanol–water partition coefficient (Wildman–Crippen LogP) is 2.19. The highest BCUT2D eigenvalue weighted by Crippen LogP contribution is 2.26. The summed E-state index contributed by atoms with van der Waals surface area (Å²) in [5.74, 6) is 0.608. The van der Waals surface area contributed by atoms with Crippen LogP contribution in [0.5, 0.6) is 5.75 Å². The summed E-state index contributed by atoms with van der Waals surface area (Å²) in [5, 5.41) is 4.73. The lowest BCUT2D eigenvalue weighted by Crippen LogP contribution is -2.24.